The minimum Gasteiger partial charge on any atom is -0.356 e. The van der Waals surface area contributed by atoms with E-state index in [9.17, 15) is 0 Å². The fraction of sp³-hybridized carbons (Fsp3) is 0.400. The van der Waals surface area contributed by atoms with E-state index in [1.54, 1.807) is 13.2 Å². The van der Waals surface area contributed by atoms with Gasteiger partial charge in [-0.15, -0.1) is 24.0 Å². The topological polar surface area (TPSA) is 73.6 Å². The van der Waals surface area contributed by atoms with Crippen LogP contribution in [-0.2, 0) is 13.0 Å². The molecule has 0 spiro atoms. The summed E-state index contributed by atoms with van der Waals surface area (Å²) >= 11 is 0. The molecule has 1 fully saturated rings. The van der Waals surface area contributed by atoms with Gasteiger partial charge in [0.15, 0.2) is 5.96 Å². The lowest BCUT2D eigenvalue weighted by Gasteiger charge is -2.34. The van der Waals surface area contributed by atoms with E-state index in [0.29, 0.717) is 6.54 Å². The number of rotatable bonds is 8. The van der Waals surface area contributed by atoms with Gasteiger partial charge >= 0.3 is 0 Å². The molecule has 0 unspecified atom stereocenters. The third-order valence-electron chi connectivity index (χ3n) is 6.05. The number of pyridine rings is 1. The first kappa shape index (κ1) is 26.0. The summed E-state index contributed by atoms with van der Waals surface area (Å²) in [6.45, 7) is 9.15. The molecule has 2 aromatic heterocycles. The van der Waals surface area contributed by atoms with Gasteiger partial charge in [0.05, 0.1) is 5.69 Å². The fourth-order valence-electron chi connectivity index (χ4n) is 3.97. The van der Waals surface area contributed by atoms with Crippen LogP contribution in [0.15, 0.2) is 66.0 Å². The molecule has 2 N–H and O–H groups in total. The number of hydrogen-bond donors (Lipinski definition) is 2. The van der Waals surface area contributed by atoms with Crippen molar-refractivity contribution in [3.05, 3.63) is 72.2 Å². The zero-order valence-corrected chi connectivity index (χ0v) is 22.4. The molecule has 1 saturated heterocycles. The molecule has 0 radical (unpaired) electrons. The first-order valence-corrected chi connectivity index (χ1v) is 11.7. The van der Waals surface area contributed by atoms with E-state index in [-0.39, 0.29) is 24.0 Å². The molecule has 182 valence electrons. The molecular formula is C25H35IN8. The highest BCUT2D eigenvalue weighted by atomic mass is 127. The molecular weight excluding hydrogens is 539 g/mol. The number of likely N-dealkylation sites (N-methyl/N-ethyl adjacent to an activating group) is 1. The highest BCUT2D eigenvalue weighted by Crippen LogP contribution is 2.14. The number of nitrogens with zero attached hydrogens (tertiary/aromatic N) is 6. The van der Waals surface area contributed by atoms with Crippen LogP contribution in [-0.4, -0.2) is 71.9 Å². The Morgan fingerprint density at radius 2 is 1.76 bits per heavy atom. The van der Waals surface area contributed by atoms with E-state index in [0.717, 1.165) is 68.7 Å². The Bertz CT molecular complexity index is 994. The zero-order chi connectivity index (χ0) is 22.9. The van der Waals surface area contributed by atoms with Gasteiger partial charge in [0, 0.05) is 64.9 Å². The van der Waals surface area contributed by atoms with Gasteiger partial charge in [0.2, 0.25) is 0 Å². The highest BCUT2D eigenvalue weighted by Gasteiger charge is 2.16. The van der Waals surface area contributed by atoms with Gasteiger partial charge in [-0.05, 0) is 48.4 Å². The molecule has 1 aliphatic heterocycles. The number of guanidine groups is 1. The summed E-state index contributed by atoms with van der Waals surface area (Å²) in [5, 5.41) is 11.0. The van der Waals surface area contributed by atoms with Crippen molar-refractivity contribution in [2.45, 2.75) is 19.9 Å². The summed E-state index contributed by atoms with van der Waals surface area (Å²) in [6.07, 6.45) is 6.61. The Kier molecular flexibility index (Phi) is 10.1. The molecule has 1 aromatic carbocycles. The molecule has 3 heterocycles. The van der Waals surface area contributed by atoms with Crippen molar-refractivity contribution >= 4 is 35.8 Å². The summed E-state index contributed by atoms with van der Waals surface area (Å²) < 4.78 is 1.86. The van der Waals surface area contributed by atoms with Crippen molar-refractivity contribution in [1.82, 2.24) is 30.3 Å². The maximum absolute atomic E-state index is 4.69. The van der Waals surface area contributed by atoms with Crippen LogP contribution in [0.5, 0.6) is 0 Å². The van der Waals surface area contributed by atoms with Crippen LogP contribution in [0.2, 0.25) is 0 Å². The maximum Gasteiger partial charge on any atom is 0.191 e. The van der Waals surface area contributed by atoms with Crippen molar-refractivity contribution in [1.29, 1.82) is 0 Å². The van der Waals surface area contributed by atoms with E-state index >= 15 is 0 Å². The molecule has 0 atom stereocenters. The quantitative estimate of drug-likeness (QED) is 0.245. The Balaban J connectivity index is 0.00000324. The summed E-state index contributed by atoms with van der Waals surface area (Å²) in [5.41, 5.74) is 3.48. The van der Waals surface area contributed by atoms with Crippen LogP contribution < -0.4 is 15.5 Å². The first-order chi connectivity index (χ1) is 16.2. The molecule has 0 aliphatic carbocycles. The van der Waals surface area contributed by atoms with E-state index < -0.39 is 0 Å². The van der Waals surface area contributed by atoms with Gasteiger partial charge in [-0.2, -0.15) is 5.10 Å². The van der Waals surface area contributed by atoms with Crippen molar-refractivity contribution < 1.29 is 0 Å². The SMILES string of the molecule is CCN1CCN(c2ccc(CNC(=NC)NCCc3ccc(-n4cccn4)cc3)cn2)CC1.I. The number of aromatic nitrogens is 3. The first-order valence-electron chi connectivity index (χ1n) is 11.7. The van der Waals surface area contributed by atoms with E-state index in [1.807, 2.05) is 23.1 Å². The second-order valence-electron chi connectivity index (χ2n) is 8.17. The van der Waals surface area contributed by atoms with Gasteiger partial charge in [0.25, 0.3) is 0 Å². The standard InChI is InChI=1S/C25H34N8.HI/c1-3-31-15-17-32(18-16-31)24-10-7-22(19-28-24)20-29-25(26-2)27-13-11-21-5-8-23(9-6-21)33-14-4-12-30-33;/h4-10,12,14,19H,3,11,13,15-18,20H2,1-2H3,(H2,26,27,29);1H. The van der Waals surface area contributed by atoms with Crippen molar-refractivity contribution in [3.63, 3.8) is 0 Å². The van der Waals surface area contributed by atoms with Crippen LogP contribution in [0, 0.1) is 0 Å². The van der Waals surface area contributed by atoms with Crippen LogP contribution in [0.3, 0.4) is 0 Å². The predicted molar refractivity (Wildman–Crippen MR) is 149 cm³/mol. The fourth-order valence-corrected chi connectivity index (χ4v) is 3.97. The third-order valence-corrected chi connectivity index (χ3v) is 6.05. The Morgan fingerprint density at radius 3 is 2.38 bits per heavy atom. The van der Waals surface area contributed by atoms with Crippen LogP contribution in [0.4, 0.5) is 5.82 Å². The van der Waals surface area contributed by atoms with Crippen LogP contribution >= 0.6 is 24.0 Å². The molecule has 9 heteroatoms. The number of piperazine rings is 1. The molecule has 8 nitrogen and oxygen atoms in total. The van der Waals surface area contributed by atoms with E-state index in [2.05, 4.69) is 78.8 Å². The minimum absolute atomic E-state index is 0. The van der Waals surface area contributed by atoms with Crippen molar-refractivity contribution in [2.24, 2.45) is 4.99 Å². The average molecular weight is 575 g/mol. The Hall–Kier alpha value is -2.66. The smallest absolute Gasteiger partial charge is 0.191 e. The lowest BCUT2D eigenvalue weighted by atomic mass is 10.1. The van der Waals surface area contributed by atoms with Crippen LogP contribution in [0.1, 0.15) is 18.1 Å². The molecule has 34 heavy (non-hydrogen) atoms. The molecule has 4 rings (SSSR count). The van der Waals surface area contributed by atoms with Crippen molar-refractivity contribution in [2.75, 3.05) is 51.2 Å². The second kappa shape index (κ2) is 13.3. The van der Waals surface area contributed by atoms with Crippen LogP contribution in [0.25, 0.3) is 5.69 Å². The summed E-state index contributed by atoms with van der Waals surface area (Å²) in [5.74, 6) is 1.86. The lowest BCUT2D eigenvalue weighted by molar-refractivity contribution is 0.270. The molecule has 1 aliphatic rings. The number of benzene rings is 1. The van der Waals surface area contributed by atoms with Gasteiger partial charge < -0.3 is 20.4 Å². The minimum atomic E-state index is 0. The number of anilines is 1. The van der Waals surface area contributed by atoms with Crippen molar-refractivity contribution in [3.8, 4) is 5.69 Å². The largest absolute Gasteiger partial charge is 0.356 e. The zero-order valence-electron chi connectivity index (χ0n) is 20.0. The maximum atomic E-state index is 4.69. The lowest BCUT2D eigenvalue weighted by Crippen LogP contribution is -2.46. The van der Waals surface area contributed by atoms with Gasteiger partial charge in [-0.1, -0.05) is 25.1 Å². The van der Waals surface area contributed by atoms with Gasteiger partial charge in [0.1, 0.15) is 5.82 Å². The molecule has 0 amide bonds. The molecule has 3 aromatic rings. The monoisotopic (exact) mass is 574 g/mol. The number of aliphatic imine (C=N–C) groups is 1. The van der Waals surface area contributed by atoms with Gasteiger partial charge in [-0.25, -0.2) is 9.67 Å². The average Bonchev–Trinajstić information content (AvgIpc) is 3.42. The molecule has 0 saturated carbocycles. The second-order valence-corrected chi connectivity index (χ2v) is 8.17. The summed E-state index contributed by atoms with van der Waals surface area (Å²) in [7, 11) is 1.80. The summed E-state index contributed by atoms with van der Waals surface area (Å²) in [6, 6.07) is 14.7. The number of halogens is 1. The van der Waals surface area contributed by atoms with Gasteiger partial charge in [-0.3, -0.25) is 4.99 Å². The molecule has 0 bridgehead atoms. The Morgan fingerprint density at radius 1 is 1.00 bits per heavy atom. The predicted octanol–water partition coefficient (Wildman–Crippen LogP) is 2.93. The van der Waals surface area contributed by atoms with E-state index in [4.69, 9.17) is 0 Å². The number of nitrogens with one attached hydrogen (secondary N) is 2. The normalized spacial score (nSPS) is 14.5. The Labute approximate surface area is 219 Å². The summed E-state index contributed by atoms with van der Waals surface area (Å²) in [4.78, 5) is 13.9. The highest BCUT2D eigenvalue weighted by molar-refractivity contribution is 14.0. The third kappa shape index (κ3) is 7.17. The number of hydrogen-bond acceptors (Lipinski definition) is 5. The van der Waals surface area contributed by atoms with E-state index in [1.165, 1.54) is 5.56 Å².